The number of non-ortho nitro benzene ring substituents is 1. The third-order valence-corrected chi connectivity index (χ3v) is 3.90. The van der Waals surface area contributed by atoms with Gasteiger partial charge in [-0.2, -0.15) is 0 Å². The Morgan fingerprint density at radius 1 is 1.12 bits per heavy atom. The summed E-state index contributed by atoms with van der Waals surface area (Å²) < 4.78 is 5.34. The number of nitrogens with zero attached hydrogens (tertiary/aromatic N) is 1. The summed E-state index contributed by atoms with van der Waals surface area (Å²) in [4.78, 5) is 33.9. The zero-order chi connectivity index (χ0) is 19.3. The number of nitrogens with one attached hydrogen (secondary N) is 2. The van der Waals surface area contributed by atoms with Gasteiger partial charge in [0.15, 0.2) is 6.61 Å². The molecule has 9 heteroatoms. The molecule has 0 spiro atoms. The fourth-order valence-corrected chi connectivity index (χ4v) is 2.19. The topological polar surface area (TPSA) is 111 Å². The molecule has 0 saturated carbocycles. The van der Waals surface area contributed by atoms with Crippen molar-refractivity contribution < 1.29 is 19.2 Å². The summed E-state index contributed by atoms with van der Waals surface area (Å²) in [6, 6.07) is 8.83. The SMILES string of the molecule is Cc1ccc(OCC(=O)NNC(=O)c2cc([N+](=O)[O-])ccc2Cl)cc1C. The number of carbonyl (C=O) groups excluding carboxylic acids is 2. The molecule has 2 amide bonds. The minimum Gasteiger partial charge on any atom is -0.484 e. The van der Waals surface area contributed by atoms with Crippen LogP contribution in [0, 0.1) is 24.0 Å². The molecule has 0 unspecified atom stereocenters. The Hall–Kier alpha value is -3.13. The Bertz CT molecular complexity index is 869. The molecule has 0 bridgehead atoms. The van der Waals surface area contributed by atoms with Crippen molar-refractivity contribution in [3.63, 3.8) is 0 Å². The van der Waals surface area contributed by atoms with Crippen LogP contribution in [0.3, 0.4) is 0 Å². The lowest BCUT2D eigenvalue weighted by atomic mass is 10.1. The summed E-state index contributed by atoms with van der Waals surface area (Å²) in [5.74, 6) is -0.854. The Kier molecular flexibility index (Phi) is 6.13. The number of hydrazine groups is 1. The molecule has 2 aromatic rings. The second kappa shape index (κ2) is 8.30. The number of ether oxygens (including phenoxy) is 1. The minimum atomic E-state index is -0.779. The fraction of sp³-hybridized carbons (Fsp3) is 0.176. The molecule has 8 nitrogen and oxygen atoms in total. The Morgan fingerprint density at radius 3 is 2.50 bits per heavy atom. The molecule has 0 aliphatic carbocycles. The number of carbonyl (C=O) groups is 2. The van der Waals surface area contributed by atoms with Crippen LogP contribution in [0.2, 0.25) is 5.02 Å². The van der Waals surface area contributed by atoms with E-state index in [0.29, 0.717) is 5.75 Å². The summed E-state index contributed by atoms with van der Waals surface area (Å²) >= 11 is 5.86. The fourth-order valence-electron chi connectivity index (χ4n) is 1.98. The molecule has 0 saturated heterocycles. The number of nitro groups is 1. The van der Waals surface area contributed by atoms with E-state index in [1.165, 1.54) is 12.1 Å². The lowest BCUT2D eigenvalue weighted by Crippen LogP contribution is -2.43. The average Bonchev–Trinajstić information content (AvgIpc) is 2.60. The molecule has 0 fully saturated rings. The lowest BCUT2D eigenvalue weighted by Gasteiger charge is -2.10. The molecule has 0 aliphatic heterocycles. The van der Waals surface area contributed by atoms with Crippen molar-refractivity contribution in [3.8, 4) is 5.75 Å². The highest BCUT2D eigenvalue weighted by molar-refractivity contribution is 6.34. The third-order valence-electron chi connectivity index (χ3n) is 3.57. The molecule has 2 aromatic carbocycles. The number of benzene rings is 2. The molecule has 136 valence electrons. The first-order valence-electron chi connectivity index (χ1n) is 7.51. The average molecular weight is 378 g/mol. The zero-order valence-electron chi connectivity index (χ0n) is 14.0. The van der Waals surface area contributed by atoms with Crippen molar-refractivity contribution in [1.29, 1.82) is 0 Å². The first kappa shape index (κ1) is 19.2. The first-order chi connectivity index (χ1) is 12.3. The highest BCUT2D eigenvalue weighted by atomic mass is 35.5. The van der Waals surface area contributed by atoms with Gasteiger partial charge in [-0.1, -0.05) is 17.7 Å². The number of hydrogen-bond donors (Lipinski definition) is 2. The molecule has 0 radical (unpaired) electrons. The molecule has 0 aliphatic rings. The maximum absolute atomic E-state index is 12.0. The lowest BCUT2D eigenvalue weighted by molar-refractivity contribution is -0.384. The van der Waals surface area contributed by atoms with E-state index in [1.54, 1.807) is 12.1 Å². The summed E-state index contributed by atoms with van der Waals surface area (Å²) in [5.41, 5.74) is 6.01. The van der Waals surface area contributed by atoms with Gasteiger partial charge in [-0.3, -0.25) is 30.6 Å². The highest BCUT2D eigenvalue weighted by Crippen LogP contribution is 2.21. The predicted octanol–water partition coefficient (Wildman–Crippen LogP) is 2.71. The smallest absolute Gasteiger partial charge is 0.276 e. The van der Waals surface area contributed by atoms with Crippen molar-refractivity contribution in [2.24, 2.45) is 0 Å². The molecule has 26 heavy (non-hydrogen) atoms. The standard InChI is InChI=1S/C17H16ClN3O5/c1-10-3-5-13(7-11(10)2)26-9-16(22)19-20-17(23)14-8-12(21(24)25)4-6-15(14)18/h3-8H,9H2,1-2H3,(H,19,22)(H,20,23). The van der Waals surface area contributed by atoms with Gasteiger partial charge in [-0.05, 0) is 43.2 Å². The van der Waals surface area contributed by atoms with Gasteiger partial charge in [0.05, 0.1) is 15.5 Å². The van der Waals surface area contributed by atoms with Crippen molar-refractivity contribution in [3.05, 3.63) is 68.2 Å². The van der Waals surface area contributed by atoms with Gasteiger partial charge < -0.3 is 4.74 Å². The minimum absolute atomic E-state index is 0.0220. The summed E-state index contributed by atoms with van der Waals surface area (Å²) in [7, 11) is 0. The maximum Gasteiger partial charge on any atom is 0.276 e. The molecular weight excluding hydrogens is 362 g/mol. The molecule has 2 rings (SSSR count). The molecule has 2 N–H and O–H groups in total. The van der Waals surface area contributed by atoms with Gasteiger partial charge in [0.1, 0.15) is 5.75 Å². The summed E-state index contributed by atoms with van der Waals surface area (Å²) in [6.45, 7) is 3.57. The normalized spacial score (nSPS) is 10.1. The highest BCUT2D eigenvalue weighted by Gasteiger charge is 2.16. The van der Waals surface area contributed by atoms with Crippen LogP contribution in [0.5, 0.6) is 5.75 Å². The van der Waals surface area contributed by atoms with E-state index in [-0.39, 0.29) is 22.9 Å². The Morgan fingerprint density at radius 2 is 1.85 bits per heavy atom. The maximum atomic E-state index is 12.0. The van der Waals surface area contributed by atoms with Crippen LogP contribution in [-0.2, 0) is 4.79 Å². The van der Waals surface area contributed by atoms with E-state index in [9.17, 15) is 19.7 Å². The molecule has 0 atom stereocenters. The van der Waals surface area contributed by atoms with Crippen LogP contribution in [0.25, 0.3) is 0 Å². The van der Waals surface area contributed by atoms with E-state index < -0.39 is 16.7 Å². The molecule has 0 heterocycles. The molecular formula is C17H16ClN3O5. The Balaban J connectivity index is 1.90. The first-order valence-corrected chi connectivity index (χ1v) is 7.89. The molecule has 0 aromatic heterocycles. The largest absolute Gasteiger partial charge is 0.484 e. The van der Waals surface area contributed by atoms with Crippen LogP contribution in [0.15, 0.2) is 36.4 Å². The van der Waals surface area contributed by atoms with Gasteiger partial charge in [0.25, 0.3) is 17.5 Å². The summed E-state index contributed by atoms with van der Waals surface area (Å²) in [5, 5.41) is 10.8. The van der Waals surface area contributed by atoms with Gasteiger partial charge >= 0.3 is 0 Å². The number of nitro benzene ring substituents is 1. The van der Waals surface area contributed by atoms with E-state index >= 15 is 0 Å². The van der Waals surface area contributed by atoms with Crippen molar-refractivity contribution in [1.82, 2.24) is 10.9 Å². The summed E-state index contributed by atoms with van der Waals surface area (Å²) in [6.07, 6.45) is 0. The second-order valence-corrected chi connectivity index (χ2v) is 5.87. The van der Waals surface area contributed by atoms with Gasteiger partial charge in [0, 0.05) is 12.1 Å². The zero-order valence-corrected chi connectivity index (χ0v) is 14.8. The Labute approximate surface area is 154 Å². The number of amides is 2. The second-order valence-electron chi connectivity index (χ2n) is 5.46. The number of rotatable bonds is 5. The quantitative estimate of drug-likeness (QED) is 0.614. The van der Waals surface area contributed by atoms with E-state index in [2.05, 4.69) is 10.9 Å². The van der Waals surface area contributed by atoms with Crippen LogP contribution < -0.4 is 15.6 Å². The van der Waals surface area contributed by atoms with Gasteiger partial charge in [-0.15, -0.1) is 0 Å². The number of aryl methyl sites for hydroxylation is 2. The van der Waals surface area contributed by atoms with Crippen LogP contribution >= 0.6 is 11.6 Å². The van der Waals surface area contributed by atoms with E-state index in [4.69, 9.17) is 16.3 Å². The van der Waals surface area contributed by atoms with Crippen LogP contribution in [-0.4, -0.2) is 23.3 Å². The monoisotopic (exact) mass is 377 g/mol. The van der Waals surface area contributed by atoms with Crippen molar-refractivity contribution in [2.45, 2.75) is 13.8 Å². The van der Waals surface area contributed by atoms with Crippen LogP contribution in [0.1, 0.15) is 21.5 Å². The van der Waals surface area contributed by atoms with Gasteiger partial charge in [-0.25, -0.2) is 0 Å². The van der Waals surface area contributed by atoms with Gasteiger partial charge in [0.2, 0.25) is 0 Å². The van der Waals surface area contributed by atoms with E-state index in [0.717, 1.165) is 17.2 Å². The van der Waals surface area contributed by atoms with E-state index in [1.807, 2.05) is 19.9 Å². The number of hydrogen-bond acceptors (Lipinski definition) is 5. The van der Waals surface area contributed by atoms with Crippen molar-refractivity contribution in [2.75, 3.05) is 6.61 Å². The third kappa shape index (κ3) is 4.93. The number of halogens is 1. The van der Waals surface area contributed by atoms with Crippen molar-refractivity contribution >= 4 is 29.1 Å². The van der Waals surface area contributed by atoms with Crippen LogP contribution in [0.4, 0.5) is 5.69 Å². The predicted molar refractivity (Wildman–Crippen MR) is 95.1 cm³/mol.